The summed E-state index contributed by atoms with van der Waals surface area (Å²) in [5.41, 5.74) is 0.703. The van der Waals surface area contributed by atoms with Gasteiger partial charge in [-0.2, -0.15) is 0 Å². The first kappa shape index (κ1) is 14.6. The van der Waals surface area contributed by atoms with Crippen LogP contribution in [0.1, 0.15) is 11.6 Å². The summed E-state index contributed by atoms with van der Waals surface area (Å²) < 4.78 is 4.97. The van der Waals surface area contributed by atoms with Gasteiger partial charge >= 0.3 is 5.97 Å². The fourth-order valence-corrected chi connectivity index (χ4v) is 1.85. The van der Waals surface area contributed by atoms with E-state index in [4.69, 9.17) is 9.84 Å². The molecule has 2 N–H and O–H groups in total. The molecule has 0 bridgehead atoms. The SMILES string of the molecule is COCCN(CCO)C(C(=O)O)c1ccccc1. The van der Waals surface area contributed by atoms with Crippen molar-refractivity contribution >= 4 is 5.97 Å². The molecule has 0 aliphatic heterocycles. The van der Waals surface area contributed by atoms with Gasteiger partial charge in [-0.15, -0.1) is 0 Å². The Morgan fingerprint density at radius 3 is 2.50 bits per heavy atom. The van der Waals surface area contributed by atoms with Crippen molar-refractivity contribution in [3.8, 4) is 0 Å². The average molecular weight is 253 g/mol. The molecule has 1 rings (SSSR count). The minimum absolute atomic E-state index is 0.0830. The molecule has 1 unspecified atom stereocenters. The van der Waals surface area contributed by atoms with Gasteiger partial charge in [-0.3, -0.25) is 9.69 Å². The number of methoxy groups -OCH3 is 1. The van der Waals surface area contributed by atoms with Crippen LogP contribution < -0.4 is 0 Å². The van der Waals surface area contributed by atoms with E-state index in [9.17, 15) is 9.90 Å². The van der Waals surface area contributed by atoms with Gasteiger partial charge in [-0.25, -0.2) is 0 Å². The number of rotatable bonds is 8. The van der Waals surface area contributed by atoms with Crippen molar-refractivity contribution in [2.75, 3.05) is 33.4 Å². The number of hydrogen-bond donors (Lipinski definition) is 2. The van der Waals surface area contributed by atoms with Gasteiger partial charge in [0.05, 0.1) is 13.2 Å². The molecule has 5 nitrogen and oxygen atoms in total. The first-order valence-corrected chi connectivity index (χ1v) is 5.82. The molecule has 0 aliphatic rings. The molecule has 0 aliphatic carbocycles. The lowest BCUT2D eigenvalue weighted by atomic mass is 10.1. The second-order valence-electron chi connectivity index (χ2n) is 3.90. The zero-order chi connectivity index (χ0) is 13.4. The van der Waals surface area contributed by atoms with E-state index in [-0.39, 0.29) is 6.61 Å². The highest BCUT2D eigenvalue weighted by molar-refractivity contribution is 5.75. The number of aliphatic hydroxyl groups excluding tert-OH is 1. The third kappa shape index (κ3) is 4.10. The molecular weight excluding hydrogens is 234 g/mol. The van der Waals surface area contributed by atoms with Gasteiger partial charge in [0.25, 0.3) is 0 Å². The van der Waals surface area contributed by atoms with Crippen molar-refractivity contribution in [1.82, 2.24) is 4.90 Å². The van der Waals surface area contributed by atoms with E-state index in [1.165, 1.54) is 0 Å². The zero-order valence-corrected chi connectivity index (χ0v) is 10.5. The Balaban J connectivity index is 2.90. The van der Waals surface area contributed by atoms with Crippen molar-refractivity contribution < 1.29 is 19.7 Å². The number of aliphatic hydroxyl groups is 1. The summed E-state index contributed by atoms with van der Waals surface area (Å²) >= 11 is 0. The number of carboxylic acids is 1. The minimum atomic E-state index is -0.925. The highest BCUT2D eigenvalue weighted by Gasteiger charge is 2.26. The van der Waals surface area contributed by atoms with Gasteiger partial charge in [0, 0.05) is 20.2 Å². The standard InChI is InChI=1S/C13H19NO4/c1-18-10-8-14(7-9-15)12(13(16)17)11-5-3-2-4-6-11/h2-6,12,15H,7-10H2,1H3,(H,16,17). The van der Waals surface area contributed by atoms with Gasteiger partial charge < -0.3 is 14.9 Å². The number of ether oxygens (including phenoxy) is 1. The maximum absolute atomic E-state index is 11.4. The van der Waals surface area contributed by atoms with Crippen LogP contribution in [-0.4, -0.2) is 54.5 Å². The number of hydrogen-bond acceptors (Lipinski definition) is 4. The van der Waals surface area contributed by atoms with Gasteiger partial charge in [0.15, 0.2) is 0 Å². The largest absolute Gasteiger partial charge is 0.480 e. The number of carbonyl (C=O) groups is 1. The smallest absolute Gasteiger partial charge is 0.325 e. The fraction of sp³-hybridized carbons (Fsp3) is 0.462. The first-order valence-electron chi connectivity index (χ1n) is 5.82. The molecule has 1 aromatic rings. The zero-order valence-electron chi connectivity index (χ0n) is 10.5. The van der Waals surface area contributed by atoms with E-state index in [1.807, 2.05) is 6.07 Å². The Labute approximate surface area is 107 Å². The highest BCUT2D eigenvalue weighted by Crippen LogP contribution is 2.20. The fourth-order valence-electron chi connectivity index (χ4n) is 1.85. The van der Waals surface area contributed by atoms with Crippen molar-refractivity contribution in [3.05, 3.63) is 35.9 Å². The third-order valence-electron chi connectivity index (χ3n) is 2.68. The van der Waals surface area contributed by atoms with E-state index < -0.39 is 12.0 Å². The van der Waals surface area contributed by atoms with Crippen LogP contribution in [0, 0.1) is 0 Å². The second-order valence-corrected chi connectivity index (χ2v) is 3.90. The molecule has 1 atom stereocenters. The quantitative estimate of drug-likeness (QED) is 0.715. The summed E-state index contributed by atoms with van der Waals surface area (Å²) in [4.78, 5) is 13.1. The molecule has 18 heavy (non-hydrogen) atoms. The molecule has 0 spiro atoms. The maximum Gasteiger partial charge on any atom is 0.325 e. The van der Waals surface area contributed by atoms with Crippen LogP contribution >= 0.6 is 0 Å². The molecule has 0 amide bonds. The van der Waals surface area contributed by atoms with Gasteiger partial charge in [-0.05, 0) is 5.56 Å². The molecule has 0 heterocycles. The topological polar surface area (TPSA) is 70.0 Å². The molecule has 1 aromatic carbocycles. The molecule has 0 fully saturated rings. The molecule has 0 saturated carbocycles. The normalized spacial score (nSPS) is 12.6. The van der Waals surface area contributed by atoms with Gasteiger partial charge in [0.2, 0.25) is 0 Å². The van der Waals surface area contributed by atoms with E-state index in [0.29, 0.717) is 25.3 Å². The number of carboxylic acid groups (broad SMARTS) is 1. The number of aliphatic carboxylic acids is 1. The summed E-state index contributed by atoms with van der Waals surface area (Å²) in [7, 11) is 1.56. The van der Waals surface area contributed by atoms with Crippen LogP contribution in [0.4, 0.5) is 0 Å². The van der Waals surface area contributed by atoms with Crippen LogP contribution in [0.2, 0.25) is 0 Å². The van der Waals surface area contributed by atoms with Gasteiger partial charge in [0.1, 0.15) is 6.04 Å². The highest BCUT2D eigenvalue weighted by atomic mass is 16.5. The predicted molar refractivity (Wildman–Crippen MR) is 67.4 cm³/mol. The second kappa shape index (κ2) is 7.81. The summed E-state index contributed by atoms with van der Waals surface area (Å²) in [6.45, 7) is 1.11. The number of benzene rings is 1. The van der Waals surface area contributed by atoms with Crippen LogP contribution in [-0.2, 0) is 9.53 Å². The lowest BCUT2D eigenvalue weighted by molar-refractivity contribution is -0.144. The first-order chi connectivity index (χ1) is 8.70. The Hall–Kier alpha value is -1.43. The summed E-state index contributed by atoms with van der Waals surface area (Å²) in [6, 6.07) is 8.24. The average Bonchev–Trinajstić information content (AvgIpc) is 2.37. The van der Waals surface area contributed by atoms with E-state index in [2.05, 4.69) is 0 Å². The number of nitrogens with zero attached hydrogens (tertiary/aromatic N) is 1. The van der Waals surface area contributed by atoms with Crippen LogP contribution in [0.25, 0.3) is 0 Å². The van der Waals surface area contributed by atoms with E-state index >= 15 is 0 Å². The summed E-state index contributed by atoms with van der Waals surface area (Å²) in [5, 5.41) is 18.4. The Bertz CT molecular complexity index is 355. The van der Waals surface area contributed by atoms with Crippen molar-refractivity contribution in [2.45, 2.75) is 6.04 Å². The molecule has 100 valence electrons. The summed E-state index contributed by atoms with van der Waals surface area (Å²) in [6.07, 6.45) is 0. The van der Waals surface area contributed by atoms with Crippen molar-refractivity contribution in [2.24, 2.45) is 0 Å². The predicted octanol–water partition coefficient (Wildman–Crippen LogP) is 0.753. The van der Waals surface area contributed by atoms with Crippen molar-refractivity contribution in [3.63, 3.8) is 0 Å². The van der Waals surface area contributed by atoms with Gasteiger partial charge in [-0.1, -0.05) is 30.3 Å². The molecular formula is C13H19NO4. The third-order valence-corrected chi connectivity index (χ3v) is 2.68. The Morgan fingerprint density at radius 1 is 1.33 bits per heavy atom. The Kier molecular flexibility index (Phi) is 6.35. The molecule has 0 radical (unpaired) electrons. The monoisotopic (exact) mass is 253 g/mol. The lowest BCUT2D eigenvalue weighted by Crippen LogP contribution is -2.38. The minimum Gasteiger partial charge on any atom is -0.480 e. The molecule has 5 heteroatoms. The molecule has 0 aromatic heterocycles. The van der Waals surface area contributed by atoms with Crippen molar-refractivity contribution in [1.29, 1.82) is 0 Å². The van der Waals surface area contributed by atoms with Crippen LogP contribution in [0.15, 0.2) is 30.3 Å². The lowest BCUT2D eigenvalue weighted by Gasteiger charge is -2.28. The maximum atomic E-state index is 11.4. The Morgan fingerprint density at radius 2 is 2.00 bits per heavy atom. The van der Waals surface area contributed by atoms with Crippen LogP contribution in [0.5, 0.6) is 0 Å². The van der Waals surface area contributed by atoms with E-state index in [1.54, 1.807) is 36.3 Å². The summed E-state index contributed by atoms with van der Waals surface area (Å²) in [5.74, 6) is -0.925. The van der Waals surface area contributed by atoms with Crippen LogP contribution in [0.3, 0.4) is 0 Å². The van der Waals surface area contributed by atoms with E-state index in [0.717, 1.165) is 0 Å². The molecule has 0 saturated heterocycles.